The number of nitrogens with zero attached hydrogens (tertiary/aromatic N) is 8. The van der Waals surface area contributed by atoms with Gasteiger partial charge >= 0.3 is 17.8 Å². The Bertz CT molecular complexity index is 2400. The minimum Gasteiger partial charge on any atom is -0.372 e. The summed E-state index contributed by atoms with van der Waals surface area (Å²) < 4.78 is 20.9. The van der Waals surface area contributed by atoms with Gasteiger partial charge in [0, 0.05) is 98.6 Å². The number of urea groups is 1. The van der Waals surface area contributed by atoms with Crippen molar-refractivity contribution in [1.29, 1.82) is 0 Å². The monoisotopic (exact) mass is 843 g/mol. The van der Waals surface area contributed by atoms with Crippen molar-refractivity contribution in [2.24, 2.45) is 5.92 Å². The molecule has 2 aromatic heterocycles. The van der Waals surface area contributed by atoms with Crippen LogP contribution in [0.2, 0.25) is 0 Å². The number of nitrogens with one attached hydrogen (secondary N) is 3. The first-order chi connectivity index (χ1) is 29.8. The number of piperazine rings is 1. The van der Waals surface area contributed by atoms with Crippen LogP contribution in [-0.2, 0) is 10.2 Å². The number of carbonyl (C=O) groups is 3. The van der Waals surface area contributed by atoms with Gasteiger partial charge in [-0.05, 0) is 104 Å². The zero-order valence-corrected chi connectivity index (χ0v) is 35.9. The second-order valence-electron chi connectivity index (χ2n) is 17.5. The molecule has 0 unspecified atom stereocenters. The van der Waals surface area contributed by atoms with E-state index in [-0.39, 0.29) is 23.2 Å². The lowest BCUT2D eigenvalue weighted by atomic mass is 9.95. The molecule has 8 rings (SSSR count). The summed E-state index contributed by atoms with van der Waals surface area (Å²) >= 11 is 0. The third kappa shape index (κ3) is 9.70. The smallest absolute Gasteiger partial charge is 0.328 e. The Kier molecular flexibility index (Phi) is 12.2. The van der Waals surface area contributed by atoms with Crippen LogP contribution in [0.15, 0.2) is 77.6 Å². The fourth-order valence-corrected chi connectivity index (χ4v) is 8.37. The van der Waals surface area contributed by atoms with E-state index in [0.717, 1.165) is 75.6 Å². The minimum atomic E-state index is -0.527. The standard InChI is InChI=1S/C46H54FN11O4/c1-29-24-37(38(47)25-36(29)30(2)50-42(60)43-53-44(54-62-43)46(3,4)5)39-26-40(49-28-48-39)51-32-6-8-33(9-7-32)57-22-20-55(21-23-57)27-31-14-17-56(18-15-31)34-10-12-35(13-11-34)58-19-16-41(59)52-45(58)61/h6-13,24-26,28,30-31H,14-23,27H2,1-5H3,(H,50,60)(H,48,49,51)(H,52,59,61)/t30-/m1/s1. The van der Waals surface area contributed by atoms with Gasteiger partial charge < -0.3 is 25.0 Å². The van der Waals surface area contributed by atoms with E-state index in [0.29, 0.717) is 47.3 Å². The molecule has 0 bridgehead atoms. The highest BCUT2D eigenvalue weighted by Crippen LogP contribution is 2.31. The highest BCUT2D eigenvalue weighted by Gasteiger charge is 2.28. The number of imide groups is 1. The fraction of sp³-hybridized carbons (Fsp3) is 0.413. The molecule has 4 amide bonds. The Morgan fingerprint density at radius 1 is 0.887 bits per heavy atom. The minimum absolute atomic E-state index is 0.138. The quantitative estimate of drug-likeness (QED) is 0.125. The summed E-state index contributed by atoms with van der Waals surface area (Å²) in [6.45, 7) is 16.9. The highest BCUT2D eigenvalue weighted by atomic mass is 19.1. The van der Waals surface area contributed by atoms with E-state index in [1.807, 2.05) is 52.0 Å². The van der Waals surface area contributed by atoms with Crippen molar-refractivity contribution < 1.29 is 23.3 Å². The molecule has 3 fully saturated rings. The number of rotatable bonds is 11. The van der Waals surface area contributed by atoms with Gasteiger partial charge in [-0.25, -0.2) is 19.2 Å². The molecule has 3 saturated heterocycles. The number of amides is 4. The fourth-order valence-electron chi connectivity index (χ4n) is 8.37. The summed E-state index contributed by atoms with van der Waals surface area (Å²) in [5.41, 5.74) is 5.80. The lowest BCUT2D eigenvalue weighted by Gasteiger charge is -2.40. The first kappa shape index (κ1) is 42.3. The molecule has 1 atom stereocenters. The number of hydrogen-bond donors (Lipinski definition) is 3. The maximum absolute atomic E-state index is 15.7. The van der Waals surface area contributed by atoms with Crippen molar-refractivity contribution in [3.05, 3.63) is 102 Å². The van der Waals surface area contributed by atoms with Crippen molar-refractivity contribution in [3.63, 3.8) is 0 Å². The Morgan fingerprint density at radius 2 is 1.55 bits per heavy atom. The SMILES string of the molecule is Cc1cc(-c2cc(Nc3ccc(N4CCN(CC5CCN(c6ccc(N7CCC(=O)NC7=O)cc6)CC5)CC4)cc3)ncn2)c(F)cc1[C@@H](C)NC(=O)c1nc(C(C)(C)C)no1. The summed E-state index contributed by atoms with van der Waals surface area (Å²) in [4.78, 5) is 58.7. The van der Waals surface area contributed by atoms with Crippen molar-refractivity contribution in [2.75, 3.05) is 72.4 Å². The highest BCUT2D eigenvalue weighted by molar-refractivity contribution is 6.05. The van der Waals surface area contributed by atoms with Gasteiger partial charge in [0.2, 0.25) is 5.91 Å². The van der Waals surface area contributed by atoms with Gasteiger partial charge in [0.25, 0.3) is 0 Å². The number of aryl methyl sites for hydroxylation is 1. The van der Waals surface area contributed by atoms with Gasteiger partial charge in [-0.2, -0.15) is 4.98 Å². The van der Waals surface area contributed by atoms with Crippen LogP contribution < -0.4 is 30.7 Å². The normalized spacial score (nSPS) is 17.2. The summed E-state index contributed by atoms with van der Waals surface area (Å²) in [6.07, 6.45) is 4.02. The van der Waals surface area contributed by atoms with Crippen LogP contribution in [0.3, 0.4) is 0 Å². The number of piperidine rings is 1. The lowest BCUT2D eigenvalue weighted by Crippen LogP contribution is -2.49. The van der Waals surface area contributed by atoms with Crippen LogP contribution in [0, 0.1) is 18.7 Å². The molecular formula is C46H54FN11O4. The van der Waals surface area contributed by atoms with E-state index in [4.69, 9.17) is 4.52 Å². The average Bonchev–Trinajstić information content (AvgIpc) is 3.78. The topological polar surface area (TPSA) is 165 Å². The van der Waals surface area contributed by atoms with Crippen molar-refractivity contribution in [1.82, 2.24) is 35.6 Å². The zero-order valence-electron chi connectivity index (χ0n) is 35.9. The Hall–Kier alpha value is -6.42. The van der Waals surface area contributed by atoms with Crippen molar-refractivity contribution in [2.45, 2.75) is 65.3 Å². The molecule has 3 aliphatic rings. The van der Waals surface area contributed by atoms with E-state index in [2.05, 4.69) is 75.0 Å². The number of halogens is 1. The third-order valence-electron chi connectivity index (χ3n) is 12.0. The molecule has 0 spiro atoms. The van der Waals surface area contributed by atoms with E-state index in [1.165, 1.54) is 23.8 Å². The summed E-state index contributed by atoms with van der Waals surface area (Å²) in [5.74, 6) is 0.273. The van der Waals surface area contributed by atoms with Gasteiger partial charge in [0.15, 0.2) is 5.82 Å². The molecule has 5 heterocycles. The molecule has 16 heteroatoms. The van der Waals surface area contributed by atoms with Crippen LogP contribution in [0.4, 0.5) is 37.8 Å². The van der Waals surface area contributed by atoms with Crippen LogP contribution in [-0.4, -0.2) is 95.2 Å². The van der Waals surface area contributed by atoms with Gasteiger partial charge in [-0.1, -0.05) is 25.9 Å². The first-order valence-corrected chi connectivity index (χ1v) is 21.4. The summed E-state index contributed by atoms with van der Waals surface area (Å²) in [7, 11) is 0. The molecule has 62 heavy (non-hydrogen) atoms. The number of benzene rings is 3. The Balaban J connectivity index is 0.795. The van der Waals surface area contributed by atoms with E-state index in [9.17, 15) is 14.4 Å². The summed E-state index contributed by atoms with van der Waals surface area (Å²) in [6, 6.07) is 20.4. The van der Waals surface area contributed by atoms with Crippen LogP contribution in [0.5, 0.6) is 0 Å². The van der Waals surface area contributed by atoms with Gasteiger partial charge in [0.05, 0.1) is 11.7 Å². The molecule has 0 aliphatic carbocycles. The zero-order chi connectivity index (χ0) is 43.5. The van der Waals surface area contributed by atoms with Crippen molar-refractivity contribution in [3.8, 4) is 11.3 Å². The molecule has 3 N–H and O–H groups in total. The third-order valence-corrected chi connectivity index (χ3v) is 12.0. The maximum Gasteiger partial charge on any atom is 0.328 e. The second-order valence-corrected chi connectivity index (χ2v) is 17.5. The van der Waals surface area contributed by atoms with E-state index >= 15 is 4.39 Å². The van der Waals surface area contributed by atoms with Gasteiger partial charge in [-0.3, -0.25) is 24.7 Å². The van der Waals surface area contributed by atoms with E-state index in [1.54, 1.807) is 24.0 Å². The lowest BCUT2D eigenvalue weighted by molar-refractivity contribution is -0.120. The molecule has 0 saturated carbocycles. The van der Waals surface area contributed by atoms with Crippen LogP contribution >= 0.6 is 0 Å². The molecule has 0 radical (unpaired) electrons. The van der Waals surface area contributed by atoms with Crippen molar-refractivity contribution >= 4 is 46.4 Å². The number of carbonyl (C=O) groups excluding carboxylic acids is 3. The largest absolute Gasteiger partial charge is 0.372 e. The molecule has 15 nitrogen and oxygen atoms in total. The number of anilines is 5. The van der Waals surface area contributed by atoms with Gasteiger partial charge in [0.1, 0.15) is 18.0 Å². The first-order valence-electron chi connectivity index (χ1n) is 21.4. The van der Waals surface area contributed by atoms with E-state index < -0.39 is 17.8 Å². The molecule has 3 aromatic carbocycles. The predicted molar refractivity (Wildman–Crippen MR) is 236 cm³/mol. The molecule has 324 valence electrons. The number of hydrogen-bond acceptors (Lipinski definition) is 12. The second kappa shape index (κ2) is 17.9. The molecular weight excluding hydrogens is 790 g/mol. The summed E-state index contributed by atoms with van der Waals surface area (Å²) in [5, 5.41) is 12.5. The maximum atomic E-state index is 15.7. The predicted octanol–water partition coefficient (Wildman–Crippen LogP) is 6.99. The molecule has 3 aliphatic heterocycles. The average molecular weight is 844 g/mol. The van der Waals surface area contributed by atoms with Crippen LogP contribution in [0.25, 0.3) is 11.3 Å². The molecule has 5 aromatic rings. The number of aromatic nitrogens is 4. The Morgan fingerprint density at radius 3 is 2.21 bits per heavy atom. The van der Waals surface area contributed by atoms with Gasteiger partial charge in [-0.15, -0.1) is 0 Å². The Labute approximate surface area is 361 Å². The van der Waals surface area contributed by atoms with Crippen LogP contribution in [0.1, 0.15) is 80.6 Å².